The Kier molecular flexibility index (Phi) is 5.94. The predicted molar refractivity (Wildman–Crippen MR) is 106 cm³/mol. The summed E-state index contributed by atoms with van der Waals surface area (Å²) in [6.45, 7) is -1.02. The van der Waals surface area contributed by atoms with Crippen molar-refractivity contribution in [3.8, 4) is 11.5 Å². The first-order valence-corrected chi connectivity index (χ1v) is 9.85. The summed E-state index contributed by atoms with van der Waals surface area (Å²) >= 11 is 0. The monoisotopic (exact) mass is 416 g/mol. The third kappa shape index (κ3) is 4.59. The van der Waals surface area contributed by atoms with E-state index in [9.17, 15) is 18.4 Å². The van der Waals surface area contributed by atoms with E-state index >= 15 is 0 Å². The number of nitrogens with zero attached hydrogens (tertiary/aromatic N) is 1. The summed E-state index contributed by atoms with van der Waals surface area (Å²) in [5.74, 6) is 0.428. The zero-order chi connectivity index (χ0) is 21.1. The van der Waals surface area contributed by atoms with Crippen LogP contribution in [0.3, 0.4) is 0 Å². The lowest BCUT2D eigenvalue weighted by Crippen LogP contribution is -2.36. The predicted octanol–water partition coefficient (Wildman–Crippen LogP) is 3.71. The van der Waals surface area contributed by atoms with Crippen LogP contribution in [-0.2, 0) is 11.3 Å². The molecule has 2 aliphatic rings. The first kappa shape index (κ1) is 20.3. The van der Waals surface area contributed by atoms with Crippen LogP contribution in [0.15, 0.2) is 42.5 Å². The van der Waals surface area contributed by atoms with Gasteiger partial charge >= 0.3 is 6.61 Å². The van der Waals surface area contributed by atoms with Crippen LogP contribution < -0.4 is 14.8 Å². The number of halogens is 2. The Labute approximate surface area is 172 Å². The second kappa shape index (κ2) is 8.79. The van der Waals surface area contributed by atoms with Gasteiger partial charge in [0, 0.05) is 23.6 Å². The average Bonchev–Trinajstić information content (AvgIpc) is 2.74. The van der Waals surface area contributed by atoms with Crippen LogP contribution in [0, 0.1) is 5.92 Å². The first-order valence-electron chi connectivity index (χ1n) is 9.85. The molecule has 0 radical (unpaired) electrons. The summed E-state index contributed by atoms with van der Waals surface area (Å²) in [5, 5.41) is 2.72. The van der Waals surface area contributed by atoms with E-state index in [2.05, 4.69) is 15.0 Å². The largest absolute Gasteiger partial charge is 0.482 e. The second-order valence-electron chi connectivity index (χ2n) is 7.45. The molecule has 4 rings (SSSR count). The molecule has 8 heteroatoms. The van der Waals surface area contributed by atoms with Gasteiger partial charge in [-0.2, -0.15) is 8.78 Å². The van der Waals surface area contributed by atoms with Gasteiger partial charge in [-0.05, 0) is 50.2 Å². The number of anilines is 1. The molecule has 0 aliphatic carbocycles. The van der Waals surface area contributed by atoms with E-state index in [0.717, 1.165) is 0 Å². The lowest BCUT2D eigenvalue weighted by molar-refractivity contribution is -0.118. The average molecular weight is 416 g/mol. The lowest BCUT2D eigenvalue weighted by atomic mass is 9.88. The van der Waals surface area contributed by atoms with Crippen molar-refractivity contribution in [3.63, 3.8) is 0 Å². The van der Waals surface area contributed by atoms with Crippen LogP contribution in [0.25, 0.3) is 0 Å². The molecule has 0 unspecified atom stereocenters. The molecule has 1 saturated heterocycles. The zero-order valence-corrected chi connectivity index (χ0v) is 16.3. The van der Waals surface area contributed by atoms with Crippen molar-refractivity contribution < 1.29 is 27.8 Å². The van der Waals surface area contributed by atoms with Gasteiger partial charge in [-0.15, -0.1) is 0 Å². The normalized spacial score (nSPS) is 17.2. The number of amides is 1. The van der Waals surface area contributed by atoms with Crippen molar-refractivity contribution in [2.45, 2.75) is 26.0 Å². The number of nitrogens with one attached hydrogen (secondary N) is 1. The third-order valence-electron chi connectivity index (χ3n) is 5.44. The second-order valence-corrected chi connectivity index (χ2v) is 7.45. The maximum Gasteiger partial charge on any atom is 0.387 e. The van der Waals surface area contributed by atoms with Gasteiger partial charge in [-0.1, -0.05) is 18.2 Å². The van der Waals surface area contributed by atoms with Gasteiger partial charge in [0.2, 0.25) is 0 Å². The summed E-state index contributed by atoms with van der Waals surface area (Å²) < 4.78 is 35.1. The fourth-order valence-corrected chi connectivity index (χ4v) is 3.91. The van der Waals surface area contributed by atoms with Crippen LogP contribution >= 0.6 is 0 Å². The van der Waals surface area contributed by atoms with Crippen LogP contribution in [0.4, 0.5) is 14.5 Å². The van der Waals surface area contributed by atoms with Crippen LogP contribution in [0.1, 0.15) is 28.8 Å². The number of para-hydroxylation sites is 1. The number of piperidine rings is 1. The Hall–Kier alpha value is -3.00. The van der Waals surface area contributed by atoms with Crippen molar-refractivity contribution in [2.75, 3.05) is 25.0 Å². The Balaban J connectivity index is 1.36. The first-order chi connectivity index (χ1) is 14.5. The molecule has 1 amide bonds. The molecule has 1 fully saturated rings. The number of carbonyl (C=O) groups excluding carboxylic acids is 2. The molecule has 158 valence electrons. The number of benzene rings is 2. The van der Waals surface area contributed by atoms with Crippen molar-refractivity contribution in [2.24, 2.45) is 5.92 Å². The number of hydrogen-bond donors (Lipinski definition) is 1. The highest BCUT2D eigenvalue weighted by Gasteiger charge is 2.27. The molecular formula is C22H22F2N2O4. The summed E-state index contributed by atoms with van der Waals surface area (Å²) in [6.07, 6.45) is 1.35. The van der Waals surface area contributed by atoms with Crippen molar-refractivity contribution >= 4 is 17.4 Å². The number of fused-ring (bicyclic) bond motifs is 1. The Bertz CT molecular complexity index is 942. The van der Waals surface area contributed by atoms with E-state index in [1.165, 1.54) is 6.07 Å². The SMILES string of the molecule is O=C1COc2ccc(C(=O)C3CCN(Cc4ccccc4OC(F)F)CC3)cc2N1. The number of carbonyl (C=O) groups is 2. The van der Waals surface area contributed by atoms with Crippen molar-refractivity contribution in [1.82, 2.24) is 4.90 Å². The number of likely N-dealkylation sites (tertiary alicyclic amines) is 1. The van der Waals surface area contributed by atoms with Crippen LogP contribution in [-0.4, -0.2) is 42.9 Å². The highest BCUT2D eigenvalue weighted by atomic mass is 19.3. The standard InChI is InChI=1S/C22H22F2N2O4/c23-22(24)30-18-4-2-1-3-16(18)12-26-9-7-14(8-10-26)21(28)15-5-6-19-17(11-15)25-20(27)13-29-19/h1-6,11,14,22H,7-10,12-13H2,(H,25,27). The van der Waals surface area contributed by atoms with Gasteiger partial charge < -0.3 is 14.8 Å². The maximum atomic E-state index is 12.9. The van der Waals surface area contributed by atoms with E-state index < -0.39 is 6.61 Å². The zero-order valence-electron chi connectivity index (χ0n) is 16.3. The minimum absolute atomic E-state index is 0.0236. The van der Waals surface area contributed by atoms with Gasteiger partial charge in [0.25, 0.3) is 5.91 Å². The quantitative estimate of drug-likeness (QED) is 0.727. The van der Waals surface area contributed by atoms with Crippen LogP contribution in [0.2, 0.25) is 0 Å². The van der Waals surface area contributed by atoms with Crippen molar-refractivity contribution in [1.29, 1.82) is 0 Å². The molecule has 2 aromatic rings. The molecule has 1 N–H and O–H groups in total. The maximum absolute atomic E-state index is 12.9. The molecule has 6 nitrogen and oxygen atoms in total. The fourth-order valence-electron chi connectivity index (χ4n) is 3.91. The molecule has 30 heavy (non-hydrogen) atoms. The van der Waals surface area contributed by atoms with E-state index in [1.807, 2.05) is 0 Å². The number of alkyl halides is 2. The van der Waals surface area contributed by atoms with Gasteiger partial charge in [0.05, 0.1) is 5.69 Å². The lowest BCUT2D eigenvalue weighted by Gasteiger charge is -2.31. The molecule has 2 heterocycles. The number of ether oxygens (including phenoxy) is 2. The van der Waals surface area contributed by atoms with Gasteiger partial charge in [0.1, 0.15) is 11.5 Å². The highest BCUT2D eigenvalue weighted by Crippen LogP contribution is 2.31. The molecule has 0 saturated carbocycles. The molecule has 2 aromatic carbocycles. The third-order valence-corrected chi connectivity index (χ3v) is 5.44. The van der Waals surface area contributed by atoms with E-state index in [-0.39, 0.29) is 30.0 Å². The van der Waals surface area contributed by atoms with E-state index in [1.54, 1.807) is 36.4 Å². The number of hydrogen-bond acceptors (Lipinski definition) is 5. The molecule has 0 spiro atoms. The van der Waals surface area contributed by atoms with E-state index in [4.69, 9.17) is 4.74 Å². The fraction of sp³-hybridized carbons (Fsp3) is 0.364. The summed E-state index contributed by atoms with van der Waals surface area (Å²) in [7, 11) is 0. The minimum atomic E-state index is -2.86. The molecular weight excluding hydrogens is 394 g/mol. The number of rotatable bonds is 6. The van der Waals surface area contributed by atoms with Gasteiger partial charge in [-0.3, -0.25) is 14.5 Å². The molecule has 0 aromatic heterocycles. The van der Waals surface area contributed by atoms with Gasteiger partial charge in [0.15, 0.2) is 12.4 Å². The Morgan fingerprint density at radius 1 is 1.20 bits per heavy atom. The molecule has 0 bridgehead atoms. The smallest absolute Gasteiger partial charge is 0.387 e. The summed E-state index contributed by atoms with van der Waals surface area (Å²) in [5.41, 5.74) is 1.77. The summed E-state index contributed by atoms with van der Waals surface area (Å²) in [4.78, 5) is 26.6. The number of Topliss-reactive ketones (excluding diaryl/α,β-unsaturated/α-hetero) is 1. The topological polar surface area (TPSA) is 67.9 Å². The van der Waals surface area contributed by atoms with Crippen molar-refractivity contribution in [3.05, 3.63) is 53.6 Å². The van der Waals surface area contributed by atoms with E-state index in [0.29, 0.717) is 55.0 Å². The number of ketones is 1. The Morgan fingerprint density at radius 3 is 2.73 bits per heavy atom. The Morgan fingerprint density at radius 2 is 1.97 bits per heavy atom. The minimum Gasteiger partial charge on any atom is -0.482 e. The van der Waals surface area contributed by atoms with Crippen LogP contribution in [0.5, 0.6) is 11.5 Å². The summed E-state index contributed by atoms with van der Waals surface area (Å²) in [6, 6.07) is 11.9. The molecule has 2 aliphatic heterocycles. The van der Waals surface area contributed by atoms with Gasteiger partial charge in [-0.25, -0.2) is 0 Å². The molecule has 0 atom stereocenters. The highest BCUT2D eigenvalue weighted by molar-refractivity contribution is 6.01.